The van der Waals surface area contributed by atoms with Gasteiger partial charge in [0.1, 0.15) is 0 Å². The third-order valence-corrected chi connectivity index (χ3v) is 3.24. The van der Waals surface area contributed by atoms with Gasteiger partial charge in [0.2, 0.25) is 0 Å². The zero-order chi connectivity index (χ0) is 8.55. The van der Waals surface area contributed by atoms with Gasteiger partial charge in [0.25, 0.3) is 0 Å². The summed E-state index contributed by atoms with van der Waals surface area (Å²) < 4.78 is 0. The summed E-state index contributed by atoms with van der Waals surface area (Å²) in [5.41, 5.74) is 5.46. The SMILES string of the molecule is CN1CC2CC(C1)C2NCCN. The lowest BCUT2D eigenvalue weighted by Gasteiger charge is -2.53. The average Bonchev–Trinajstić information content (AvgIpc) is 2.04. The van der Waals surface area contributed by atoms with Crippen LogP contribution in [0.3, 0.4) is 0 Å². The topological polar surface area (TPSA) is 41.3 Å². The van der Waals surface area contributed by atoms with Crippen molar-refractivity contribution < 1.29 is 0 Å². The highest BCUT2D eigenvalue weighted by atomic mass is 15.2. The van der Waals surface area contributed by atoms with Gasteiger partial charge in [-0.2, -0.15) is 0 Å². The molecule has 3 heteroatoms. The molecule has 2 aliphatic heterocycles. The van der Waals surface area contributed by atoms with Crippen molar-refractivity contribution in [1.29, 1.82) is 0 Å². The van der Waals surface area contributed by atoms with Crippen LogP contribution in [-0.4, -0.2) is 44.2 Å². The fraction of sp³-hybridized carbons (Fsp3) is 1.00. The molecule has 0 spiro atoms. The third-order valence-electron chi connectivity index (χ3n) is 3.24. The number of nitrogens with two attached hydrogens (primary N) is 1. The summed E-state index contributed by atoms with van der Waals surface area (Å²) >= 11 is 0. The number of nitrogens with zero attached hydrogens (tertiary/aromatic N) is 1. The molecule has 1 saturated carbocycles. The summed E-state index contributed by atoms with van der Waals surface area (Å²) in [5.74, 6) is 1.81. The van der Waals surface area contributed by atoms with E-state index in [-0.39, 0.29) is 0 Å². The molecule has 1 aliphatic carbocycles. The van der Waals surface area contributed by atoms with E-state index in [2.05, 4.69) is 17.3 Å². The Bertz CT molecular complexity index is 148. The second-order valence-corrected chi connectivity index (χ2v) is 4.25. The molecule has 12 heavy (non-hydrogen) atoms. The largest absolute Gasteiger partial charge is 0.329 e. The minimum Gasteiger partial charge on any atom is -0.329 e. The third kappa shape index (κ3) is 1.37. The predicted octanol–water partition coefficient (Wildman–Crippen LogP) is -0.515. The summed E-state index contributed by atoms with van der Waals surface area (Å²) in [7, 11) is 2.22. The molecule has 0 radical (unpaired) electrons. The van der Waals surface area contributed by atoms with Crippen LogP contribution in [0.5, 0.6) is 0 Å². The second kappa shape index (κ2) is 3.32. The van der Waals surface area contributed by atoms with Gasteiger partial charge in [-0.3, -0.25) is 0 Å². The van der Waals surface area contributed by atoms with Crippen molar-refractivity contribution in [2.45, 2.75) is 12.5 Å². The molecule has 3 N–H and O–H groups in total. The van der Waals surface area contributed by atoms with Gasteiger partial charge in [-0.1, -0.05) is 0 Å². The molecule has 2 atom stereocenters. The smallest absolute Gasteiger partial charge is 0.0149 e. The Labute approximate surface area is 74.3 Å². The summed E-state index contributed by atoms with van der Waals surface area (Å²) in [6.45, 7) is 4.31. The van der Waals surface area contributed by atoms with Crippen LogP contribution < -0.4 is 11.1 Å². The van der Waals surface area contributed by atoms with Gasteiger partial charge in [-0.05, 0) is 25.3 Å². The van der Waals surface area contributed by atoms with E-state index < -0.39 is 0 Å². The normalized spacial score (nSPS) is 41.0. The first-order valence-corrected chi connectivity index (χ1v) is 4.93. The summed E-state index contributed by atoms with van der Waals surface area (Å²) in [5, 5.41) is 3.54. The quantitative estimate of drug-likeness (QED) is 0.597. The van der Waals surface area contributed by atoms with Crippen LogP contribution in [0.2, 0.25) is 0 Å². The van der Waals surface area contributed by atoms with Crippen LogP contribution in [0.1, 0.15) is 6.42 Å². The fourth-order valence-corrected chi connectivity index (χ4v) is 2.71. The molecule has 2 heterocycles. The molecule has 3 aliphatic rings. The molecule has 3 fully saturated rings. The number of hydrogen-bond donors (Lipinski definition) is 2. The van der Waals surface area contributed by atoms with E-state index in [4.69, 9.17) is 5.73 Å². The maximum absolute atomic E-state index is 5.46. The van der Waals surface area contributed by atoms with E-state index in [1.165, 1.54) is 19.5 Å². The maximum atomic E-state index is 5.46. The molecular formula is C9H19N3. The van der Waals surface area contributed by atoms with Crippen LogP contribution >= 0.6 is 0 Å². The lowest BCUT2D eigenvalue weighted by molar-refractivity contribution is -0.00149. The van der Waals surface area contributed by atoms with Crippen molar-refractivity contribution in [2.24, 2.45) is 17.6 Å². The Morgan fingerprint density at radius 2 is 2.08 bits per heavy atom. The van der Waals surface area contributed by atoms with E-state index in [0.29, 0.717) is 0 Å². The number of nitrogens with one attached hydrogen (secondary N) is 1. The molecule has 3 nitrogen and oxygen atoms in total. The number of fused-ring (bicyclic) bond motifs is 2. The highest BCUT2D eigenvalue weighted by molar-refractivity contribution is 5.00. The van der Waals surface area contributed by atoms with Crippen LogP contribution in [0.25, 0.3) is 0 Å². The summed E-state index contributed by atoms with van der Waals surface area (Å²) in [4.78, 5) is 2.44. The molecule has 2 bridgehead atoms. The van der Waals surface area contributed by atoms with Crippen molar-refractivity contribution in [1.82, 2.24) is 10.2 Å². The Kier molecular flexibility index (Phi) is 2.35. The maximum Gasteiger partial charge on any atom is 0.0149 e. The van der Waals surface area contributed by atoms with Gasteiger partial charge < -0.3 is 16.0 Å². The van der Waals surface area contributed by atoms with Crippen molar-refractivity contribution in [3.63, 3.8) is 0 Å². The van der Waals surface area contributed by atoms with Crippen LogP contribution in [0, 0.1) is 11.8 Å². The van der Waals surface area contributed by atoms with Gasteiger partial charge >= 0.3 is 0 Å². The van der Waals surface area contributed by atoms with Crippen LogP contribution in [-0.2, 0) is 0 Å². The Balaban J connectivity index is 1.80. The molecule has 2 unspecified atom stereocenters. The van der Waals surface area contributed by atoms with Gasteiger partial charge in [0.15, 0.2) is 0 Å². The van der Waals surface area contributed by atoms with Crippen molar-refractivity contribution >= 4 is 0 Å². The monoisotopic (exact) mass is 169 g/mol. The van der Waals surface area contributed by atoms with Gasteiger partial charge in [0, 0.05) is 32.2 Å². The molecule has 0 aromatic carbocycles. The first-order chi connectivity index (χ1) is 5.81. The number of rotatable bonds is 3. The standard InChI is InChI=1S/C9H19N3/c1-12-5-7-4-8(6-12)9(7)11-3-2-10/h7-9,11H,2-6,10H2,1H3. The number of hydrogen-bond acceptors (Lipinski definition) is 3. The predicted molar refractivity (Wildman–Crippen MR) is 49.9 cm³/mol. The van der Waals surface area contributed by atoms with Gasteiger partial charge in [-0.25, -0.2) is 0 Å². The van der Waals surface area contributed by atoms with Gasteiger partial charge in [0.05, 0.1) is 0 Å². The lowest BCUT2D eigenvalue weighted by atomic mass is 9.66. The Morgan fingerprint density at radius 3 is 2.67 bits per heavy atom. The molecular weight excluding hydrogens is 150 g/mol. The summed E-state index contributed by atoms with van der Waals surface area (Å²) in [6.07, 6.45) is 1.44. The van der Waals surface area contributed by atoms with Crippen molar-refractivity contribution in [2.75, 3.05) is 33.2 Å². The molecule has 0 aromatic heterocycles. The fourth-order valence-electron chi connectivity index (χ4n) is 2.71. The van der Waals surface area contributed by atoms with Crippen LogP contribution in [0.4, 0.5) is 0 Å². The average molecular weight is 169 g/mol. The second-order valence-electron chi connectivity index (χ2n) is 4.25. The minimum atomic E-state index is 0.770. The van der Waals surface area contributed by atoms with E-state index >= 15 is 0 Å². The highest BCUT2D eigenvalue weighted by Crippen LogP contribution is 2.39. The van der Waals surface area contributed by atoms with Crippen molar-refractivity contribution in [3.05, 3.63) is 0 Å². The Hall–Kier alpha value is -0.120. The highest BCUT2D eigenvalue weighted by Gasteiger charge is 2.44. The van der Waals surface area contributed by atoms with E-state index in [1.807, 2.05) is 0 Å². The molecule has 2 saturated heterocycles. The van der Waals surface area contributed by atoms with Gasteiger partial charge in [-0.15, -0.1) is 0 Å². The van der Waals surface area contributed by atoms with Crippen LogP contribution in [0.15, 0.2) is 0 Å². The van der Waals surface area contributed by atoms with E-state index in [9.17, 15) is 0 Å². The molecule has 3 rings (SSSR count). The molecule has 0 amide bonds. The zero-order valence-corrected chi connectivity index (χ0v) is 7.79. The Morgan fingerprint density at radius 1 is 1.42 bits per heavy atom. The zero-order valence-electron chi connectivity index (χ0n) is 7.79. The summed E-state index contributed by atoms with van der Waals surface area (Å²) in [6, 6.07) is 0.782. The first kappa shape index (κ1) is 8.48. The number of piperidine rings is 2. The van der Waals surface area contributed by atoms with Crippen molar-refractivity contribution in [3.8, 4) is 0 Å². The molecule has 0 aromatic rings. The molecule has 70 valence electrons. The minimum absolute atomic E-state index is 0.770. The van der Waals surface area contributed by atoms with E-state index in [1.54, 1.807) is 0 Å². The first-order valence-electron chi connectivity index (χ1n) is 4.93. The lowest BCUT2D eigenvalue weighted by Crippen LogP contribution is -2.63. The van der Waals surface area contributed by atoms with E-state index in [0.717, 1.165) is 31.0 Å².